The van der Waals surface area contributed by atoms with Crippen LogP contribution >= 0.6 is 23.1 Å². The Labute approximate surface area is 142 Å². The van der Waals surface area contributed by atoms with Crippen molar-refractivity contribution < 1.29 is 9.18 Å². The van der Waals surface area contributed by atoms with Gasteiger partial charge in [-0.25, -0.2) is 4.39 Å². The molecule has 1 aromatic heterocycles. The maximum absolute atomic E-state index is 13.5. The van der Waals surface area contributed by atoms with Crippen molar-refractivity contribution in [3.8, 4) is 0 Å². The van der Waals surface area contributed by atoms with Gasteiger partial charge in [0.05, 0.1) is 4.88 Å². The summed E-state index contributed by atoms with van der Waals surface area (Å²) < 4.78 is 14.6. The fraction of sp³-hybridized carbons (Fsp3) is 0.167. The highest BCUT2D eigenvalue weighted by atomic mass is 32.2. The van der Waals surface area contributed by atoms with E-state index in [0.29, 0.717) is 17.9 Å². The Balaban J connectivity index is 1.45. The van der Waals surface area contributed by atoms with Crippen LogP contribution in [-0.2, 0) is 5.75 Å². The number of hydrogen-bond donors (Lipinski definition) is 1. The molecule has 0 bridgehead atoms. The van der Waals surface area contributed by atoms with E-state index in [2.05, 4.69) is 5.32 Å². The van der Waals surface area contributed by atoms with Gasteiger partial charge in [0.25, 0.3) is 5.91 Å². The lowest BCUT2D eigenvalue weighted by Crippen LogP contribution is -2.24. The second kappa shape index (κ2) is 7.62. The van der Waals surface area contributed by atoms with Crippen molar-refractivity contribution in [2.24, 2.45) is 0 Å². The number of hydrogen-bond acceptors (Lipinski definition) is 3. The molecule has 1 amide bonds. The van der Waals surface area contributed by atoms with Gasteiger partial charge in [-0.05, 0) is 29.1 Å². The van der Waals surface area contributed by atoms with Gasteiger partial charge in [-0.3, -0.25) is 4.79 Å². The molecule has 0 fully saturated rings. The third-order valence-corrected chi connectivity index (χ3v) is 5.52. The first-order valence-electron chi connectivity index (χ1n) is 7.32. The predicted octanol–water partition coefficient (Wildman–Crippen LogP) is 4.70. The molecule has 5 heteroatoms. The van der Waals surface area contributed by atoms with E-state index in [1.807, 2.05) is 36.4 Å². The molecule has 23 heavy (non-hydrogen) atoms. The number of thiophene rings is 1. The smallest absolute Gasteiger partial charge is 0.261 e. The van der Waals surface area contributed by atoms with Gasteiger partial charge in [0.2, 0.25) is 0 Å². The van der Waals surface area contributed by atoms with Crippen molar-refractivity contribution in [2.45, 2.75) is 5.75 Å². The van der Waals surface area contributed by atoms with Crippen LogP contribution in [0.2, 0.25) is 0 Å². The molecule has 0 aliphatic rings. The maximum atomic E-state index is 13.5. The fourth-order valence-corrected chi connectivity index (χ4v) is 4.04. The molecule has 0 aliphatic heterocycles. The van der Waals surface area contributed by atoms with E-state index < -0.39 is 0 Å². The van der Waals surface area contributed by atoms with Crippen LogP contribution in [0.25, 0.3) is 10.1 Å². The van der Waals surface area contributed by atoms with Crippen molar-refractivity contribution in [3.63, 3.8) is 0 Å². The Morgan fingerprint density at radius 2 is 1.91 bits per heavy atom. The highest BCUT2D eigenvalue weighted by Gasteiger charge is 2.09. The molecular weight excluding hydrogens is 329 g/mol. The summed E-state index contributed by atoms with van der Waals surface area (Å²) in [6.07, 6.45) is 0. The summed E-state index contributed by atoms with van der Waals surface area (Å²) in [5.74, 6) is 1.16. The number of halogens is 1. The van der Waals surface area contributed by atoms with Crippen molar-refractivity contribution in [1.82, 2.24) is 5.32 Å². The molecule has 2 nitrogen and oxygen atoms in total. The molecule has 1 N–H and O–H groups in total. The number of fused-ring (bicyclic) bond motifs is 1. The predicted molar refractivity (Wildman–Crippen MR) is 96.7 cm³/mol. The molecule has 3 rings (SSSR count). The summed E-state index contributed by atoms with van der Waals surface area (Å²) in [6, 6.07) is 16.7. The molecule has 1 heterocycles. The molecule has 0 spiro atoms. The van der Waals surface area contributed by atoms with E-state index in [0.717, 1.165) is 20.7 Å². The van der Waals surface area contributed by atoms with E-state index in [9.17, 15) is 9.18 Å². The van der Waals surface area contributed by atoms with Crippen molar-refractivity contribution in [1.29, 1.82) is 0 Å². The Morgan fingerprint density at radius 3 is 2.74 bits per heavy atom. The van der Waals surface area contributed by atoms with Crippen LogP contribution in [0.15, 0.2) is 54.6 Å². The standard InChI is InChI=1S/C18H16FNOS2/c19-15-7-3-1-6-14(15)12-22-10-9-20-18(21)17-11-13-5-2-4-8-16(13)23-17/h1-8,11H,9-10,12H2,(H,20,21). The second-order valence-electron chi connectivity index (χ2n) is 5.05. The first-order chi connectivity index (χ1) is 11.2. The molecule has 0 saturated carbocycles. The molecule has 2 aromatic carbocycles. The highest BCUT2D eigenvalue weighted by molar-refractivity contribution is 7.98. The van der Waals surface area contributed by atoms with Gasteiger partial charge in [-0.2, -0.15) is 11.8 Å². The van der Waals surface area contributed by atoms with E-state index in [1.165, 1.54) is 17.4 Å². The van der Waals surface area contributed by atoms with Gasteiger partial charge in [-0.15, -0.1) is 11.3 Å². The lowest BCUT2D eigenvalue weighted by Gasteiger charge is -2.04. The van der Waals surface area contributed by atoms with Gasteiger partial charge in [0.1, 0.15) is 5.82 Å². The SMILES string of the molecule is O=C(NCCSCc1ccccc1F)c1cc2ccccc2s1. The molecule has 3 aromatic rings. The van der Waals surface area contributed by atoms with Gasteiger partial charge < -0.3 is 5.32 Å². The van der Waals surface area contributed by atoms with Crippen LogP contribution in [0.3, 0.4) is 0 Å². The Kier molecular flexibility index (Phi) is 5.31. The second-order valence-corrected chi connectivity index (χ2v) is 7.24. The summed E-state index contributed by atoms with van der Waals surface area (Å²) in [5.41, 5.74) is 0.702. The number of thioether (sulfide) groups is 1. The Morgan fingerprint density at radius 1 is 1.13 bits per heavy atom. The summed E-state index contributed by atoms with van der Waals surface area (Å²) in [7, 11) is 0. The maximum Gasteiger partial charge on any atom is 0.261 e. The average Bonchev–Trinajstić information content (AvgIpc) is 3.00. The fourth-order valence-electron chi connectivity index (χ4n) is 2.22. The topological polar surface area (TPSA) is 29.1 Å². The molecule has 0 atom stereocenters. The molecule has 118 valence electrons. The minimum Gasteiger partial charge on any atom is -0.351 e. The van der Waals surface area contributed by atoms with Crippen LogP contribution in [0, 0.1) is 5.82 Å². The first kappa shape index (κ1) is 16.0. The minimum atomic E-state index is -0.172. The number of benzene rings is 2. The monoisotopic (exact) mass is 345 g/mol. The quantitative estimate of drug-likeness (QED) is 0.656. The zero-order valence-electron chi connectivity index (χ0n) is 12.4. The van der Waals surface area contributed by atoms with Gasteiger partial charge in [-0.1, -0.05) is 36.4 Å². The summed E-state index contributed by atoms with van der Waals surface area (Å²) >= 11 is 3.11. The zero-order valence-corrected chi connectivity index (χ0v) is 14.1. The molecule has 0 aliphatic carbocycles. The van der Waals surface area contributed by atoms with E-state index in [4.69, 9.17) is 0 Å². The summed E-state index contributed by atoms with van der Waals surface area (Å²) in [4.78, 5) is 12.9. The Hall–Kier alpha value is -1.85. The number of nitrogens with one attached hydrogen (secondary N) is 1. The van der Waals surface area contributed by atoms with Crippen molar-refractivity contribution in [3.05, 3.63) is 70.9 Å². The van der Waals surface area contributed by atoms with E-state index in [1.54, 1.807) is 23.9 Å². The third kappa shape index (κ3) is 4.12. The number of rotatable bonds is 6. The zero-order chi connectivity index (χ0) is 16.1. The van der Waals surface area contributed by atoms with Crippen LogP contribution in [0.4, 0.5) is 4.39 Å². The summed E-state index contributed by atoms with van der Waals surface area (Å²) in [6.45, 7) is 0.576. The van der Waals surface area contributed by atoms with Crippen molar-refractivity contribution in [2.75, 3.05) is 12.3 Å². The normalized spacial score (nSPS) is 10.8. The van der Waals surface area contributed by atoms with Crippen molar-refractivity contribution >= 4 is 39.1 Å². The molecule has 0 unspecified atom stereocenters. The first-order valence-corrected chi connectivity index (χ1v) is 9.29. The van der Waals surface area contributed by atoms with Gasteiger partial charge >= 0.3 is 0 Å². The van der Waals surface area contributed by atoms with E-state index in [-0.39, 0.29) is 11.7 Å². The average molecular weight is 345 g/mol. The van der Waals surface area contributed by atoms with E-state index >= 15 is 0 Å². The molecular formula is C18H16FNOS2. The minimum absolute atomic E-state index is 0.0438. The number of carbonyl (C=O) groups excluding carboxylic acids is 1. The van der Waals surface area contributed by atoms with Crippen LogP contribution < -0.4 is 5.32 Å². The molecule has 0 radical (unpaired) electrons. The molecule has 0 saturated heterocycles. The third-order valence-electron chi connectivity index (χ3n) is 3.40. The highest BCUT2D eigenvalue weighted by Crippen LogP contribution is 2.25. The lowest BCUT2D eigenvalue weighted by molar-refractivity contribution is 0.0960. The number of amides is 1. The Bertz CT molecular complexity index is 782. The number of carbonyl (C=O) groups is 1. The largest absolute Gasteiger partial charge is 0.351 e. The van der Waals surface area contributed by atoms with Crippen LogP contribution in [0.5, 0.6) is 0 Å². The lowest BCUT2D eigenvalue weighted by atomic mass is 10.2. The van der Waals surface area contributed by atoms with Gasteiger partial charge in [0.15, 0.2) is 0 Å². The van der Waals surface area contributed by atoms with Gasteiger partial charge in [0, 0.05) is 22.8 Å². The van der Waals surface area contributed by atoms with Crippen LogP contribution in [-0.4, -0.2) is 18.2 Å². The summed E-state index contributed by atoms with van der Waals surface area (Å²) in [5, 5.41) is 4.01. The van der Waals surface area contributed by atoms with Crippen LogP contribution in [0.1, 0.15) is 15.2 Å².